The number of carbonyl (C=O) groups is 1. The summed E-state index contributed by atoms with van der Waals surface area (Å²) in [7, 11) is 0. The van der Waals surface area contributed by atoms with Crippen molar-refractivity contribution in [2.24, 2.45) is 0 Å². The summed E-state index contributed by atoms with van der Waals surface area (Å²) in [5, 5.41) is 11.6. The predicted octanol–water partition coefficient (Wildman–Crippen LogP) is 2.39. The fraction of sp³-hybridized carbons (Fsp3) is 0.200. The highest BCUT2D eigenvalue weighted by Crippen LogP contribution is 2.29. The molecule has 1 N–H and O–H groups in total. The van der Waals surface area contributed by atoms with Crippen LogP contribution in [-0.2, 0) is 0 Å². The van der Waals surface area contributed by atoms with E-state index in [4.69, 9.17) is 9.84 Å². The second kappa shape index (κ2) is 3.86. The van der Waals surface area contributed by atoms with Gasteiger partial charge in [0.1, 0.15) is 0 Å². The van der Waals surface area contributed by atoms with Crippen molar-refractivity contribution in [3.63, 3.8) is 0 Å². The summed E-state index contributed by atoms with van der Waals surface area (Å²) in [6.07, 6.45) is 0. The van der Waals surface area contributed by atoms with E-state index in [2.05, 4.69) is 4.98 Å². The summed E-state index contributed by atoms with van der Waals surface area (Å²) in [5.74, 6) is -0.633. The molecule has 0 aliphatic heterocycles. The third-order valence-corrected chi connectivity index (χ3v) is 2.82. The number of ether oxygens (including phenoxy) is 1. The molecule has 5 heteroatoms. The molecular weight excluding hydrogens is 214 g/mol. The van der Waals surface area contributed by atoms with E-state index < -0.39 is 5.97 Å². The molecule has 0 amide bonds. The van der Waals surface area contributed by atoms with Crippen molar-refractivity contribution in [1.29, 1.82) is 0 Å². The van der Waals surface area contributed by atoms with Crippen molar-refractivity contribution in [2.75, 3.05) is 6.61 Å². The number of hydrogen-bond donors (Lipinski definition) is 1. The van der Waals surface area contributed by atoms with Crippen LogP contribution in [0.4, 0.5) is 0 Å². The molecule has 0 fully saturated rings. The molecule has 2 heterocycles. The lowest BCUT2D eigenvalue weighted by atomic mass is 10.2. The number of aromatic carboxylic acids is 1. The van der Waals surface area contributed by atoms with Gasteiger partial charge in [-0.1, -0.05) is 0 Å². The van der Waals surface area contributed by atoms with Gasteiger partial charge < -0.3 is 9.84 Å². The SMILES string of the molecule is CCOc1nc(C(=O)O)cc2ccsc12. The highest BCUT2D eigenvalue weighted by Gasteiger charge is 2.12. The van der Waals surface area contributed by atoms with Gasteiger partial charge in [0.2, 0.25) is 5.88 Å². The summed E-state index contributed by atoms with van der Waals surface area (Å²) < 4.78 is 6.19. The minimum absolute atomic E-state index is 0.0179. The van der Waals surface area contributed by atoms with E-state index in [0.717, 1.165) is 10.1 Å². The number of carboxylic acids is 1. The van der Waals surface area contributed by atoms with Gasteiger partial charge in [-0.05, 0) is 24.4 Å². The standard InChI is InChI=1S/C10H9NO3S/c1-2-14-9-8-6(3-4-15-8)5-7(11-9)10(12)13/h3-5H,2H2,1H3,(H,12,13). The quantitative estimate of drug-likeness (QED) is 0.867. The van der Waals surface area contributed by atoms with Gasteiger partial charge in [-0.3, -0.25) is 0 Å². The molecule has 0 aliphatic carbocycles. The Bertz CT molecular complexity index is 506. The molecule has 0 aliphatic rings. The minimum atomic E-state index is -1.04. The van der Waals surface area contributed by atoms with E-state index in [1.807, 2.05) is 18.4 Å². The third kappa shape index (κ3) is 1.78. The molecular formula is C10H9NO3S. The molecule has 2 aromatic rings. The van der Waals surface area contributed by atoms with E-state index in [9.17, 15) is 4.79 Å². The fourth-order valence-electron chi connectivity index (χ4n) is 1.29. The Morgan fingerprint density at radius 1 is 1.67 bits per heavy atom. The Morgan fingerprint density at radius 3 is 3.13 bits per heavy atom. The average molecular weight is 223 g/mol. The van der Waals surface area contributed by atoms with Crippen molar-refractivity contribution in [3.05, 3.63) is 23.2 Å². The molecule has 78 valence electrons. The minimum Gasteiger partial charge on any atom is -0.477 e. The Hall–Kier alpha value is -1.62. The lowest BCUT2D eigenvalue weighted by Crippen LogP contribution is -2.03. The monoisotopic (exact) mass is 223 g/mol. The highest BCUT2D eigenvalue weighted by atomic mass is 32.1. The van der Waals surface area contributed by atoms with Crippen LogP contribution in [0.15, 0.2) is 17.5 Å². The van der Waals surface area contributed by atoms with Gasteiger partial charge in [0.05, 0.1) is 11.3 Å². The first kappa shape index (κ1) is 9.92. The molecule has 0 unspecified atom stereocenters. The number of carboxylic acid groups (broad SMARTS) is 1. The van der Waals surface area contributed by atoms with E-state index in [-0.39, 0.29) is 5.69 Å². The number of pyridine rings is 1. The van der Waals surface area contributed by atoms with Crippen LogP contribution in [0.5, 0.6) is 5.88 Å². The zero-order valence-corrected chi connectivity index (χ0v) is 8.87. The first-order valence-corrected chi connectivity index (χ1v) is 5.34. The first-order chi connectivity index (χ1) is 7.22. The average Bonchev–Trinajstić information content (AvgIpc) is 2.65. The molecule has 0 saturated carbocycles. The first-order valence-electron chi connectivity index (χ1n) is 4.46. The van der Waals surface area contributed by atoms with Crippen LogP contribution >= 0.6 is 11.3 Å². The smallest absolute Gasteiger partial charge is 0.354 e. The number of hydrogen-bond acceptors (Lipinski definition) is 4. The molecule has 0 spiro atoms. The van der Waals surface area contributed by atoms with E-state index in [1.54, 1.807) is 6.07 Å². The van der Waals surface area contributed by atoms with Gasteiger partial charge in [0.25, 0.3) is 0 Å². The third-order valence-electron chi connectivity index (χ3n) is 1.90. The van der Waals surface area contributed by atoms with Crippen molar-refractivity contribution >= 4 is 27.4 Å². The molecule has 0 saturated heterocycles. The number of nitrogens with zero attached hydrogens (tertiary/aromatic N) is 1. The van der Waals surface area contributed by atoms with Crippen molar-refractivity contribution in [3.8, 4) is 5.88 Å². The number of thiophene rings is 1. The van der Waals surface area contributed by atoms with Crippen LogP contribution < -0.4 is 4.74 Å². The van der Waals surface area contributed by atoms with E-state index in [0.29, 0.717) is 12.5 Å². The predicted molar refractivity (Wildman–Crippen MR) is 57.7 cm³/mol. The van der Waals surface area contributed by atoms with Gasteiger partial charge in [-0.25, -0.2) is 9.78 Å². The maximum absolute atomic E-state index is 10.8. The summed E-state index contributed by atoms with van der Waals surface area (Å²) in [6, 6.07) is 3.41. The molecule has 0 bridgehead atoms. The lowest BCUT2D eigenvalue weighted by Gasteiger charge is -2.04. The summed E-state index contributed by atoms with van der Waals surface area (Å²) in [6.45, 7) is 2.32. The normalized spacial score (nSPS) is 10.5. The van der Waals surface area contributed by atoms with Gasteiger partial charge in [-0.2, -0.15) is 0 Å². The lowest BCUT2D eigenvalue weighted by molar-refractivity contribution is 0.0689. The Kier molecular flexibility index (Phi) is 2.55. The number of rotatable bonds is 3. The number of aromatic nitrogens is 1. The van der Waals surface area contributed by atoms with Crippen LogP contribution in [0.1, 0.15) is 17.4 Å². The molecule has 15 heavy (non-hydrogen) atoms. The molecule has 2 aromatic heterocycles. The molecule has 0 radical (unpaired) electrons. The van der Waals surface area contributed by atoms with Gasteiger partial charge >= 0.3 is 5.97 Å². The van der Waals surface area contributed by atoms with Crippen LogP contribution in [0, 0.1) is 0 Å². The Morgan fingerprint density at radius 2 is 2.47 bits per heavy atom. The second-order valence-corrected chi connectivity index (χ2v) is 3.81. The Balaban J connectivity index is 2.63. The Labute approximate surface area is 90.1 Å². The van der Waals surface area contributed by atoms with Crippen molar-refractivity contribution in [2.45, 2.75) is 6.92 Å². The van der Waals surface area contributed by atoms with Crippen LogP contribution in [-0.4, -0.2) is 22.7 Å². The van der Waals surface area contributed by atoms with Crippen molar-refractivity contribution in [1.82, 2.24) is 4.98 Å². The number of fused-ring (bicyclic) bond motifs is 1. The maximum Gasteiger partial charge on any atom is 0.354 e. The topological polar surface area (TPSA) is 59.4 Å². The van der Waals surface area contributed by atoms with Gasteiger partial charge in [0.15, 0.2) is 5.69 Å². The van der Waals surface area contributed by atoms with Crippen LogP contribution in [0.25, 0.3) is 10.1 Å². The van der Waals surface area contributed by atoms with Crippen LogP contribution in [0.2, 0.25) is 0 Å². The maximum atomic E-state index is 10.8. The molecule has 0 aromatic carbocycles. The largest absolute Gasteiger partial charge is 0.477 e. The summed E-state index contributed by atoms with van der Waals surface area (Å²) >= 11 is 1.49. The second-order valence-electron chi connectivity index (χ2n) is 2.89. The molecule has 0 atom stereocenters. The van der Waals surface area contributed by atoms with Gasteiger partial charge in [-0.15, -0.1) is 11.3 Å². The molecule has 2 rings (SSSR count). The molecule has 4 nitrogen and oxygen atoms in total. The summed E-state index contributed by atoms with van der Waals surface area (Å²) in [4.78, 5) is 14.8. The van der Waals surface area contributed by atoms with Gasteiger partial charge in [0, 0.05) is 5.39 Å². The highest BCUT2D eigenvalue weighted by molar-refractivity contribution is 7.17. The summed E-state index contributed by atoms with van der Waals surface area (Å²) in [5.41, 5.74) is 0.0179. The van der Waals surface area contributed by atoms with E-state index in [1.165, 1.54) is 11.3 Å². The van der Waals surface area contributed by atoms with Crippen LogP contribution in [0.3, 0.4) is 0 Å². The van der Waals surface area contributed by atoms with E-state index >= 15 is 0 Å². The fourth-order valence-corrected chi connectivity index (χ4v) is 2.11. The zero-order chi connectivity index (χ0) is 10.8. The van der Waals surface area contributed by atoms with Crippen molar-refractivity contribution < 1.29 is 14.6 Å². The zero-order valence-electron chi connectivity index (χ0n) is 8.06.